The van der Waals surface area contributed by atoms with E-state index in [9.17, 15) is 0 Å². The smallest absolute Gasteiger partial charge is 0.108 e. The van der Waals surface area contributed by atoms with Gasteiger partial charge in [-0.1, -0.05) is 29.8 Å². The summed E-state index contributed by atoms with van der Waals surface area (Å²) < 4.78 is 0. The minimum absolute atomic E-state index is 0.0862. The standard InChI is InChI=1S/C22H27ClN4/c1-27(2)20-8-4-7-19-18(20)14-22(9-11-24-12-10-22)21(26-19)25-15-16-5-3-6-17(23)13-16/h3-8,13,24H,9-12,14-15H2,1-2H3,(H,25,26). The molecule has 0 bridgehead atoms. The van der Waals surface area contributed by atoms with E-state index in [2.05, 4.69) is 53.9 Å². The van der Waals surface area contributed by atoms with Gasteiger partial charge in [0.1, 0.15) is 5.84 Å². The molecule has 1 saturated heterocycles. The maximum Gasteiger partial charge on any atom is 0.108 e. The zero-order valence-corrected chi connectivity index (χ0v) is 16.8. The lowest BCUT2D eigenvalue weighted by Gasteiger charge is -2.43. The van der Waals surface area contributed by atoms with Gasteiger partial charge in [-0.3, -0.25) is 4.99 Å². The Kier molecular flexibility index (Phi) is 5.11. The molecule has 1 spiro atoms. The number of nitrogens with zero attached hydrogens (tertiary/aromatic N) is 2. The molecule has 0 unspecified atom stereocenters. The van der Waals surface area contributed by atoms with E-state index in [1.54, 1.807) is 0 Å². The first-order valence-corrected chi connectivity index (χ1v) is 10.0. The fraction of sp³-hybridized carbons (Fsp3) is 0.409. The van der Waals surface area contributed by atoms with Gasteiger partial charge in [0.15, 0.2) is 0 Å². The molecule has 4 nitrogen and oxygen atoms in total. The van der Waals surface area contributed by atoms with Gasteiger partial charge in [-0.2, -0.15) is 0 Å². The van der Waals surface area contributed by atoms with Gasteiger partial charge in [0.2, 0.25) is 0 Å². The van der Waals surface area contributed by atoms with Gasteiger partial charge in [-0.05, 0) is 67.7 Å². The van der Waals surface area contributed by atoms with E-state index in [0.717, 1.165) is 48.8 Å². The zero-order chi connectivity index (χ0) is 18.9. The number of piperidine rings is 1. The van der Waals surface area contributed by atoms with Crippen molar-refractivity contribution in [1.29, 1.82) is 0 Å². The molecule has 2 aliphatic heterocycles. The molecule has 1 fully saturated rings. The van der Waals surface area contributed by atoms with Crippen LogP contribution in [0.25, 0.3) is 0 Å². The predicted molar refractivity (Wildman–Crippen MR) is 115 cm³/mol. The summed E-state index contributed by atoms with van der Waals surface area (Å²) in [5.41, 5.74) is 5.13. The maximum absolute atomic E-state index is 6.15. The van der Waals surface area contributed by atoms with Crippen LogP contribution in [0.15, 0.2) is 47.5 Å². The Morgan fingerprint density at radius 1 is 1.11 bits per heavy atom. The molecular weight excluding hydrogens is 356 g/mol. The molecule has 0 amide bonds. The minimum Gasteiger partial charge on any atom is -0.377 e. The first-order valence-electron chi connectivity index (χ1n) is 9.64. The Balaban J connectivity index is 1.71. The summed E-state index contributed by atoms with van der Waals surface area (Å²) >= 11 is 6.15. The van der Waals surface area contributed by atoms with Crippen molar-refractivity contribution >= 4 is 28.8 Å². The average molecular weight is 383 g/mol. The molecule has 27 heavy (non-hydrogen) atoms. The number of hydrogen-bond acceptors (Lipinski definition) is 3. The van der Waals surface area contributed by atoms with Gasteiger partial charge >= 0.3 is 0 Å². The van der Waals surface area contributed by atoms with Gasteiger partial charge in [0.05, 0.1) is 6.54 Å². The Hall–Kier alpha value is -2.04. The lowest BCUT2D eigenvalue weighted by molar-refractivity contribution is 0.293. The highest BCUT2D eigenvalue weighted by atomic mass is 35.5. The minimum atomic E-state index is 0.0862. The normalized spacial score (nSPS) is 19.6. The zero-order valence-electron chi connectivity index (χ0n) is 16.1. The Bertz CT molecular complexity index is 853. The Morgan fingerprint density at radius 3 is 2.63 bits per heavy atom. The molecule has 4 rings (SSSR count). The van der Waals surface area contributed by atoms with Crippen molar-refractivity contribution in [1.82, 2.24) is 5.32 Å². The van der Waals surface area contributed by atoms with Crippen LogP contribution in [-0.4, -0.2) is 33.0 Å². The van der Waals surface area contributed by atoms with Crippen LogP contribution in [0.4, 0.5) is 11.4 Å². The lowest BCUT2D eigenvalue weighted by atomic mass is 9.70. The number of benzene rings is 2. The topological polar surface area (TPSA) is 39.7 Å². The van der Waals surface area contributed by atoms with E-state index in [-0.39, 0.29) is 5.41 Å². The molecule has 142 valence electrons. The van der Waals surface area contributed by atoms with Gasteiger partial charge in [0.25, 0.3) is 0 Å². The third-order valence-electron chi connectivity index (χ3n) is 5.77. The fourth-order valence-electron chi connectivity index (χ4n) is 4.31. The molecule has 2 N–H and O–H groups in total. The van der Waals surface area contributed by atoms with E-state index in [0.29, 0.717) is 6.54 Å². The third-order valence-corrected chi connectivity index (χ3v) is 6.01. The highest BCUT2D eigenvalue weighted by Gasteiger charge is 2.42. The monoisotopic (exact) mass is 382 g/mol. The van der Waals surface area contributed by atoms with Crippen molar-refractivity contribution in [2.45, 2.75) is 25.8 Å². The van der Waals surface area contributed by atoms with E-state index in [1.807, 2.05) is 18.2 Å². The Labute approximate surface area is 166 Å². The van der Waals surface area contributed by atoms with Crippen molar-refractivity contribution < 1.29 is 0 Å². The van der Waals surface area contributed by atoms with E-state index >= 15 is 0 Å². The molecule has 5 heteroatoms. The van der Waals surface area contributed by atoms with Crippen molar-refractivity contribution in [2.75, 3.05) is 37.4 Å². The van der Waals surface area contributed by atoms with Crippen molar-refractivity contribution in [3.8, 4) is 0 Å². The number of rotatable bonds is 3. The number of anilines is 2. The average Bonchev–Trinajstić information content (AvgIpc) is 2.66. The Morgan fingerprint density at radius 2 is 1.89 bits per heavy atom. The molecule has 2 aliphatic rings. The number of amidine groups is 1. The van der Waals surface area contributed by atoms with Gasteiger partial charge in [-0.15, -0.1) is 0 Å². The molecule has 0 radical (unpaired) electrons. The number of halogens is 1. The summed E-state index contributed by atoms with van der Waals surface area (Å²) in [7, 11) is 4.24. The second-order valence-electron chi connectivity index (χ2n) is 7.82. The molecule has 2 aromatic carbocycles. The number of fused-ring (bicyclic) bond motifs is 1. The molecule has 2 heterocycles. The second-order valence-corrected chi connectivity index (χ2v) is 8.26. The van der Waals surface area contributed by atoms with Crippen molar-refractivity contribution in [2.24, 2.45) is 10.4 Å². The summed E-state index contributed by atoms with van der Waals surface area (Å²) in [6.45, 7) is 2.73. The molecule has 2 aromatic rings. The highest BCUT2D eigenvalue weighted by molar-refractivity contribution is 6.30. The van der Waals surface area contributed by atoms with Crippen molar-refractivity contribution in [3.05, 3.63) is 58.6 Å². The van der Waals surface area contributed by atoms with Gasteiger partial charge in [-0.25, -0.2) is 0 Å². The molecule has 0 atom stereocenters. The van der Waals surface area contributed by atoms with Crippen LogP contribution in [0.3, 0.4) is 0 Å². The first-order chi connectivity index (χ1) is 13.1. The van der Waals surface area contributed by atoms with Crippen LogP contribution in [-0.2, 0) is 13.0 Å². The highest BCUT2D eigenvalue weighted by Crippen LogP contribution is 2.44. The van der Waals surface area contributed by atoms with Crippen LogP contribution >= 0.6 is 11.6 Å². The SMILES string of the molecule is CN(C)c1cccc2c1CC1(CCNCC1)C(=NCc1cccc(Cl)c1)N2. The van der Waals surface area contributed by atoms with Crippen LogP contribution in [0.2, 0.25) is 5.02 Å². The summed E-state index contributed by atoms with van der Waals surface area (Å²) in [6.07, 6.45) is 3.25. The van der Waals surface area contributed by atoms with E-state index in [4.69, 9.17) is 16.6 Å². The van der Waals surface area contributed by atoms with Gasteiger partial charge < -0.3 is 15.5 Å². The quantitative estimate of drug-likeness (QED) is 0.829. The third kappa shape index (κ3) is 3.69. The summed E-state index contributed by atoms with van der Waals surface area (Å²) in [5, 5.41) is 7.97. The molecule has 0 aromatic heterocycles. The summed E-state index contributed by atoms with van der Waals surface area (Å²) in [5.74, 6) is 1.13. The van der Waals surface area contributed by atoms with Crippen LogP contribution in [0, 0.1) is 5.41 Å². The number of nitrogens with one attached hydrogen (secondary N) is 2. The van der Waals surface area contributed by atoms with Crippen LogP contribution in [0.1, 0.15) is 24.0 Å². The maximum atomic E-state index is 6.15. The molecule has 0 saturated carbocycles. The van der Waals surface area contributed by atoms with Crippen LogP contribution in [0.5, 0.6) is 0 Å². The second kappa shape index (κ2) is 7.53. The first kappa shape index (κ1) is 18.3. The van der Waals surface area contributed by atoms with E-state index < -0.39 is 0 Å². The largest absolute Gasteiger partial charge is 0.377 e. The number of hydrogen-bond donors (Lipinski definition) is 2. The molecular formula is C22H27ClN4. The lowest BCUT2D eigenvalue weighted by Crippen LogP contribution is -2.49. The van der Waals surface area contributed by atoms with E-state index in [1.165, 1.54) is 16.9 Å². The van der Waals surface area contributed by atoms with Gasteiger partial charge in [0, 0.05) is 35.9 Å². The number of aliphatic imine (C=N–C) groups is 1. The summed E-state index contributed by atoms with van der Waals surface area (Å²) in [6, 6.07) is 14.5. The predicted octanol–water partition coefficient (Wildman–Crippen LogP) is 4.34. The summed E-state index contributed by atoms with van der Waals surface area (Å²) in [4.78, 5) is 7.26. The van der Waals surface area contributed by atoms with Crippen molar-refractivity contribution in [3.63, 3.8) is 0 Å². The molecule has 0 aliphatic carbocycles. The van der Waals surface area contributed by atoms with Crippen LogP contribution < -0.4 is 15.5 Å². The fourth-order valence-corrected chi connectivity index (χ4v) is 4.52.